The molecular formula is C15H28N2O3. The van der Waals surface area contributed by atoms with Crippen LogP contribution in [0.4, 0.5) is 4.79 Å². The summed E-state index contributed by atoms with van der Waals surface area (Å²) in [4.78, 5) is 27.2. The number of hydrogen-bond acceptors (Lipinski definition) is 2. The predicted molar refractivity (Wildman–Crippen MR) is 78.7 cm³/mol. The summed E-state index contributed by atoms with van der Waals surface area (Å²) in [6, 6.07) is 0.400. The Kier molecular flexibility index (Phi) is 6.82. The number of carbonyl (C=O) groups is 2. The summed E-state index contributed by atoms with van der Waals surface area (Å²) in [5.74, 6) is -0.780. The van der Waals surface area contributed by atoms with Gasteiger partial charge in [0.25, 0.3) is 0 Å². The summed E-state index contributed by atoms with van der Waals surface area (Å²) in [5, 5.41) is 8.84. The van der Waals surface area contributed by atoms with Crippen LogP contribution in [0.5, 0.6) is 0 Å². The molecule has 0 aromatic heterocycles. The Hall–Kier alpha value is -1.26. The molecule has 0 aromatic rings. The molecule has 1 aliphatic heterocycles. The Morgan fingerprint density at radius 1 is 1.35 bits per heavy atom. The van der Waals surface area contributed by atoms with E-state index in [1.807, 2.05) is 16.7 Å². The van der Waals surface area contributed by atoms with Crippen molar-refractivity contribution in [1.29, 1.82) is 0 Å². The van der Waals surface area contributed by atoms with E-state index in [2.05, 4.69) is 13.8 Å². The summed E-state index contributed by atoms with van der Waals surface area (Å²) in [6.45, 7) is 7.61. The van der Waals surface area contributed by atoms with Crippen molar-refractivity contribution in [3.63, 3.8) is 0 Å². The van der Waals surface area contributed by atoms with Gasteiger partial charge in [0, 0.05) is 31.6 Å². The molecule has 2 amide bonds. The van der Waals surface area contributed by atoms with Crippen LogP contribution < -0.4 is 0 Å². The first-order valence-electron chi connectivity index (χ1n) is 7.80. The number of carboxylic acids is 1. The minimum absolute atomic E-state index is 0.0805. The zero-order chi connectivity index (χ0) is 15.1. The van der Waals surface area contributed by atoms with E-state index in [0.717, 1.165) is 32.2 Å². The molecule has 1 aliphatic rings. The largest absolute Gasteiger partial charge is 0.481 e. The van der Waals surface area contributed by atoms with E-state index in [4.69, 9.17) is 5.11 Å². The lowest BCUT2D eigenvalue weighted by molar-refractivity contribution is -0.137. The third-order valence-electron chi connectivity index (χ3n) is 4.27. The standard InChI is InChI=1S/C15H28N2O3/c1-4-12(3)16(5-2)15(20)17-11-7-6-8-13(17)9-10-14(18)19/h12-13H,4-11H2,1-3H3,(H,18,19). The van der Waals surface area contributed by atoms with Crippen molar-refractivity contribution in [2.75, 3.05) is 13.1 Å². The van der Waals surface area contributed by atoms with Crippen molar-refractivity contribution in [2.24, 2.45) is 0 Å². The van der Waals surface area contributed by atoms with E-state index in [0.29, 0.717) is 13.0 Å². The van der Waals surface area contributed by atoms with Crippen molar-refractivity contribution in [3.8, 4) is 0 Å². The molecular weight excluding hydrogens is 256 g/mol. The van der Waals surface area contributed by atoms with Gasteiger partial charge in [-0.1, -0.05) is 6.92 Å². The van der Waals surface area contributed by atoms with Gasteiger partial charge in [-0.2, -0.15) is 0 Å². The number of hydrogen-bond donors (Lipinski definition) is 1. The molecule has 1 saturated heterocycles. The average molecular weight is 284 g/mol. The average Bonchev–Trinajstić information content (AvgIpc) is 2.45. The maximum Gasteiger partial charge on any atom is 0.320 e. The number of rotatable bonds is 6. The SMILES string of the molecule is CCC(C)N(CC)C(=O)N1CCCCC1CCC(=O)O. The minimum Gasteiger partial charge on any atom is -0.481 e. The summed E-state index contributed by atoms with van der Waals surface area (Å²) < 4.78 is 0. The molecule has 1 fully saturated rings. The fourth-order valence-corrected chi connectivity index (χ4v) is 2.86. The van der Waals surface area contributed by atoms with Crippen molar-refractivity contribution in [2.45, 2.75) is 71.4 Å². The number of nitrogens with zero attached hydrogens (tertiary/aromatic N) is 2. The molecule has 0 aliphatic carbocycles. The normalized spacial score (nSPS) is 20.6. The van der Waals surface area contributed by atoms with Crippen LogP contribution in [-0.4, -0.2) is 52.1 Å². The molecule has 1 N–H and O–H groups in total. The smallest absolute Gasteiger partial charge is 0.320 e. The number of amides is 2. The highest BCUT2D eigenvalue weighted by atomic mass is 16.4. The second-order valence-electron chi connectivity index (χ2n) is 5.60. The molecule has 0 saturated carbocycles. The Bertz CT molecular complexity index is 333. The third kappa shape index (κ3) is 4.39. The van der Waals surface area contributed by atoms with Crippen LogP contribution in [0.1, 0.15) is 59.3 Å². The predicted octanol–water partition coefficient (Wildman–Crippen LogP) is 2.95. The number of urea groups is 1. The Morgan fingerprint density at radius 2 is 2.05 bits per heavy atom. The second-order valence-corrected chi connectivity index (χ2v) is 5.60. The van der Waals surface area contributed by atoms with Crippen LogP contribution in [0.15, 0.2) is 0 Å². The van der Waals surface area contributed by atoms with Crippen molar-refractivity contribution < 1.29 is 14.7 Å². The molecule has 0 bridgehead atoms. The van der Waals surface area contributed by atoms with Gasteiger partial charge >= 0.3 is 12.0 Å². The molecule has 1 heterocycles. The number of likely N-dealkylation sites (tertiary alicyclic amines) is 1. The molecule has 1 rings (SSSR count). The molecule has 5 nitrogen and oxygen atoms in total. The van der Waals surface area contributed by atoms with Crippen LogP contribution in [0.3, 0.4) is 0 Å². The Labute approximate surface area is 121 Å². The summed E-state index contributed by atoms with van der Waals surface area (Å²) >= 11 is 0. The molecule has 20 heavy (non-hydrogen) atoms. The van der Waals surface area contributed by atoms with Crippen molar-refractivity contribution in [1.82, 2.24) is 9.80 Å². The molecule has 2 unspecified atom stereocenters. The second kappa shape index (κ2) is 8.12. The van der Waals surface area contributed by atoms with Gasteiger partial charge in [-0.3, -0.25) is 4.79 Å². The minimum atomic E-state index is -0.780. The van der Waals surface area contributed by atoms with E-state index in [-0.39, 0.29) is 24.5 Å². The van der Waals surface area contributed by atoms with E-state index in [9.17, 15) is 9.59 Å². The van der Waals surface area contributed by atoms with Crippen LogP contribution in [0.2, 0.25) is 0 Å². The number of piperidine rings is 1. The van der Waals surface area contributed by atoms with Gasteiger partial charge in [0.1, 0.15) is 0 Å². The molecule has 116 valence electrons. The highest BCUT2D eigenvalue weighted by Gasteiger charge is 2.31. The monoisotopic (exact) mass is 284 g/mol. The van der Waals surface area contributed by atoms with Gasteiger partial charge in [0.15, 0.2) is 0 Å². The highest BCUT2D eigenvalue weighted by Crippen LogP contribution is 2.23. The van der Waals surface area contributed by atoms with E-state index < -0.39 is 5.97 Å². The first-order valence-corrected chi connectivity index (χ1v) is 7.80. The molecule has 0 spiro atoms. The first kappa shape index (κ1) is 16.8. The lowest BCUT2D eigenvalue weighted by Gasteiger charge is -2.40. The van der Waals surface area contributed by atoms with Crippen molar-refractivity contribution in [3.05, 3.63) is 0 Å². The number of carboxylic acid groups (broad SMARTS) is 1. The highest BCUT2D eigenvalue weighted by molar-refractivity contribution is 5.75. The first-order chi connectivity index (χ1) is 9.51. The molecule has 0 radical (unpaired) electrons. The lowest BCUT2D eigenvalue weighted by Crippen LogP contribution is -2.52. The van der Waals surface area contributed by atoms with Crippen LogP contribution >= 0.6 is 0 Å². The summed E-state index contributed by atoms with van der Waals surface area (Å²) in [7, 11) is 0. The fourth-order valence-electron chi connectivity index (χ4n) is 2.86. The third-order valence-corrected chi connectivity index (χ3v) is 4.27. The van der Waals surface area contributed by atoms with Crippen LogP contribution in [-0.2, 0) is 4.79 Å². The van der Waals surface area contributed by atoms with Crippen LogP contribution in [0, 0.1) is 0 Å². The zero-order valence-electron chi connectivity index (χ0n) is 13.0. The van der Waals surface area contributed by atoms with Gasteiger partial charge in [-0.25, -0.2) is 4.79 Å². The van der Waals surface area contributed by atoms with Crippen LogP contribution in [0.25, 0.3) is 0 Å². The van der Waals surface area contributed by atoms with E-state index in [1.165, 1.54) is 0 Å². The summed E-state index contributed by atoms with van der Waals surface area (Å²) in [5.41, 5.74) is 0. The Morgan fingerprint density at radius 3 is 2.60 bits per heavy atom. The topological polar surface area (TPSA) is 60.9 Å². The van der Waals surface area contributed by atoms with E-state index >= 15 is 0 Å². The maximum absolute atomic E-state index is 12.7. The molecule has 5 heteroatoms. The summed E-state index contributed by atoms with van der Waals surface area (Å²) in [6.07, 6.45) is 4.68. The van der Waals surface area contributed by atoms with E-state index in [1.54, 1.807) is 0 Å². The van der Waals surface area contributed by atoms with Gasteiger partial charge < -0.3 is 14.9 Å². The number of carbonyl (C=O) groups excluding carboxylic acids is 1. The number of aliphatic carboxylic acids is 1. The van der Waals surface area contributed by atoms with Crippen molar-refractivity contribution >= 4 is 12.0 Å². The lowest BCUT2D eigenvalue weighted by atomic mass is 9.98. The molecule has 2 atom stereocenters. The maximum atomic E-state index is 12.7. The van der Waals surface area contributed by atoms with Gasteiger partial charge in [0.05, 0.1) is 0 Å². The Balaban J connectivity index is 2.72. The van der Waals surface area contributed by atoms with Gasteiger partial charge in [-0.15, -0.1) is 0 Å². The zero-order valence-corrected chi connectivity index (χ0v) is 13.0. The van der Waals surface area contributed by atoms with Gasteiger partial charge in [0.2, 0.25) is 0 Å². The molecule has 0 aromatic carbocycles. The quantitative estimate of drug-likeness (QED) is 0.815. The van der Waals surface area contributed by atoms with Gasteiger partial charge in [-0.05, 0) is 46.0 Å². The fraction of sp³-hybridized carbons (Fsp3) is 0.867.